The number of H-pyrrole nitrogens is 2. The summed E-state index contributed by atoms with van der Waals surface area (Å²) in [5.74, 6) is 0.145. The van der Waals surface area contributed by atoms with Crippen molar-refractivity contribution in [1.29, 1.82) is 0 Å². The smallest absolute Gasteiger partial charge is 0.291 e. The van der Waals surface area contributed by atoms with Crippen molar-refractivity contribution in [3.63, 3.8) is 0 Å². The van der Waals surface area contributed by atoms with Gasteiger partial charge in [-0.25, -0.2) is 4.98 Å². The SMILES string of the molecule is CCCCc1c(C)nc(-n2[nH]c(C)c(N=Nc3ccccc3)c2=O)[nH]c1=O. The van der Waals surface area contributed by atoms with Gasteiger partial charge in [0.15, 0.2) is 5.69 Å². The Morgan fingerprint density at radius 2 is 1.85 bits per heavy atom. The van der Waals surface area contributed by atoms with Gasteiger partial charge in [-0.05, 0) is 38.8 Å². The van der Waals surface area contributed by atoms with Crippen molar-refractivity contribution in [2.24, 2.45) is 10.2 Å². The first kappa shape index (κ1) is 18.5. The van der Waals surface area contributed by atoms with Gasteiger partial charge in [-0.1, -0.05) is 31.5 Å². The molecule has 0 aliphatic carbocycles. The van der Waals surface area contributed by atoms with Gasteiger partial charge < -0.3 is 0 Å². The highest BCUT2D eigenvalue weighted by Gasteiger charge is 2.16. The van der Waals surface area contributed by atoms with Gasteiger partial charge in [0, 0.05) is 5.56 Å². The number of aromatic nitrogens is 4. The summed E-state index contributed by atoms with van der Waals surface area (Å²) < 4.78 is 1.19. The minimum Gasteiger partial charge on any atom is -0.291 e. The van der Waals surface area contributed by atoms with E-state index in [4.69, 9.17) is 0 Å². The minimum absolute atomic E-state index is 0.145. The first-order valence-corrected chi connectivity index (χ1v) is 8.89. The van der Waals surface area contributed by atoms with Gasteiger partial charge in [0.1, 0.15) is 0 Å². The molecule has 0 fully saturated rings. The van der Waals surface area contributed by atoms with E-state index in [1.54, 1.807) is 26.0 Å². The van der Waals surface area contributed by atoms with Gasteiger partial charge in [0.25, 0.3) is 5.56 Å². The number of nitrogens with zero attached hydrogens (tertiary/aromatic N) is 4. The molecule has 2 N–H and O–H groups in total. The molecular weight excluding hydrogens is 344 g/mol. The Labute approximate surface area is 156 Å². The fraction of sp³-hybridized carbons (Fsp3) is 0.316. The molecule has 8 nitrogen and oxygen atoms in total. The summed E-state index contributed by atoms with van der Waals surface area (Å²) >= 11 is 0. The molecule has 0 bridgehead atoms. The second kappa shape index (κ2) is 7.94. The highest BCUT2D eigenvalue weighted by Crippen LogP contribution is 2.17. The summed E-state index contributed by atoms with van der Waals surface area (Å²) in [4.78, 5) is 32.2. The third-order valence-electron chi connectivity index (χ3n) is 4.26. The Bertz CT molecular complexity index is 1080. The summed E-state index contributed by atoms with van der Waals surface area (Å²) in [6.45, 7) is 5.57. The lowest BCUT2D eigenvalue weighted by Gasteiger charge is -2.06. The molecule has 0 unspecified atom stereocenters. The Balaban J connectivity index is 1.98. The van der Waals surface area contributed by atoms with Crippen LogP contribution in [0.15, 0.2) is 50.1 Å². The molecule has 0 atom stereocenters. The van der Waals surface area contributed by atoms with Crippen LogP contribution in [0.5, 0.6) is 0 Å². The third kappa shape index (κ3) is 3.94. The van der Waals surface area contributed by atoms with E-state index >= 15 is 0 Å². The second-order valence-corrected chi connectivity index (χ2v) is 6.32. The van der Waals surface area contributed by atoms with Crippen LogP contribution in [0.1, 0.15) is 36.7 Å². The van der Waals surface area contributed by atoms with E-state index in [9.17, 15) is 9.59 Å². The van der Waals surface area contributed by atoms with Gasteiger partial charge in [-0.2, -0.15) is 9.80 Å². The Hall–Kier alpha value is -3.29. The van der Waals surface area contributed by atoms with Crippen molar-refractivity contribution in [2.75, 3.05) is 0 Å². The molecule has 140 valence electrons. The average molecular weight is 366 g/mol. The van der Waals surface area contributed by atoms with Crippen LogP contribution in [0.3, 0.4) is 0 Å². The highest BCUT2D eigenvalue weighted by molar-refractivity contribution is 5.42. The lowest BCUT2D eigenvalue weighted by Crippen LogP contribution is -2.24. The van der Waals surface area contributed by atoms with Crippen LogP contribution in [-0.4, -0.2) is 19.7 Å². The van der Waals surface area contributed by atoms with E-state index in [-0.39, 0.29) is 17.2 Å². The predicted octanol–water partition coefficient (Wildman–Crippen LogP) is 3.62. The van der Waals surface area contributed by atoms with E-state index in [1.807, 2.05) is 18.2 Å². The molecule has 0 aliphatic heterocycles. The lowest BCUT2D eigenvalue weighted by molar-refractivity contribution is 0.735. The lowest BCUT2D eigenvalue weighted by atomic mass is 10.1. The molecule has 8 heteroatoms. The number of hydrogen-bond acceptors (Lipinski definition) is 5. The molecule has 0 saturated heterocycles. The van der Waals surface area contributed by atoms with Crippen LogP contribution in [0.4, 0.5) is 11.4 Å². The topological polar surface area (TPSA) is 108 Å². The number of unbranched alkanes of at least 4 members (excludes halogenated alkanes) is 1. The minimum atomic E-state index is -0.420. The number of hydrogen-bond donors (Lipinski definition) is 2. The highest BCUT2D eigenvalue weighted by atomic mass is 16.1. The van der Waals surface area contributed by atoms with Crippen LogP contribution in [-0.2, 0) is 6.42 Å². The van der Waals surface area contributed by atoms with E-state index in [0.717, 1.165) is 12.8 Å². The van der Waals surface area contributed by atoms with Gasteiger partial charge in [-0.15, -0.1) is 5.11 Å². The van der Waals surface area contributed by atoms with E-state index in [1.165, 1.54) is 4.68 Å². The first-order chi connectivity index (χ1) is 13.0. The van der Waals surface area contributed by atoms with Crippen molar-refractivity contribution in [3.05, 3.63) is 68.0 Å². The molecular formula is C19H22N6O2. The molecule has 0 aliphatic rings. The molecule has 0 spiro atoms. The number of rotatable bonds is 6. The fourth-order valence-corrected chi connectivity index (χ4v) is 2.76. The van der Waals surface area contributed by atoms with Crippen LogP contribution in [0.2, 0.25) is 0 Å². The van der Waals surface area contributed by atoms with Crippen molar-refractivity contribution >= 4 is 11.4 Å². The molecule has 3 rings (SSSR count). The summed E-state index contributed by atoms with van der Waals surface area (Å²) in [6.07, 6.45) is 2.57. The number of benzene rings is 1. The number of azo groups is 1. The Kier molecular flexibility index (Phi) is 5.44. The van der Waals surface area contributed by atoms with Gasteiger partial charge in [0.05, 0.1) is 17.1 Å². The number of aromatic amines is 2. The van der Waals surface area contributed by atoms with E-state index < -0.39 is 5.56 Å². The fourth-order valence-electron chi connectivity index (χ4n) is 2.76. The van der Waals surface area contributed by atoms with Crippen LogP contribution in [0, 0.1) is 13.8 Å². The van der Waals surface area contributed by atoms with Crippen LogP contribution >= 0.6 is 0 Å². The predicted molar refractivity (Wildman–Crippen MR) is 104 cm³/mol. The molecule has 0 amide bonds. The zero-order chi connectivity index (χ0) is 19.4. The zero-order valence-corrected chi connectivity index (χ0v) is 15.6. The first-order valence-electron chi connectivity index (χ1n) is 8.89. The van der Waals surface area contributed by atoms with Gasteiger partial charge in [-0.3, -0.25) is 19.7 Å². The van der Waals surface area contributed by atoms with Crippen molar-refractivity contribution in [2.45, 2.75) is 40.0 Å². The monoisotopic (exact) mass is 366 g/mol. The maximum absolute atomic E-state index is 12.7. The molecule has 3 aromatic rings. The number of nitrogens with one attached hydrogen (secondary N) is 2. The van der Waals surface area contributed by atoms with E-state index in [2.05, 4.69) is 32.2 Å². The van der Waals surface area contributed by atoms with Gasteiger partial charge >= 0.3 is 5.56 Å². The maximum atomic E-state index is 12.7. The summed E-state index contributed by atoms with van der Waals surface area (Å²) in [6, 6.07) is 9.15. The molecule has 0 radical (unpaired) electrons. The molecule has 2 aromatic heterocycles. The second-order valence-electron chi connectivity index (χ2n) is 6.32. The largest absolute Gasteiger partial charge is 0.301 e. The summed E-state index contributed by atoms with van der Waals surface area (Å²) in [5, 5.41) is 11.1. The summed E-state index contributed by atoms with van der Waals surface area (Å²) in [5.41, 5.74) is 1.99. The number of aryl methyl sites for hydroxylation is 2. The Morgan fingerprint density at radius 1 is 1.11 bits per heavy atom. The quantitative estimate of drug-likeness (QED) is 0.650. The van der Waals surface area contributed by atoms with E-state index in [0.29, 0.717) is 29.1 Å². The van der Waals surface area contributed by atoms with Gasteiger partial charge in [0.2, 0.25) is 5.95 Å². The molecule has 27 heavy (non-hydrogen) atoms. The summed E-state index contributed by atoms with van der Waals surface area (Å²) in [7, 11) is 0. The zero-order valence-electron chi connectivity index (χ0n) is 15.6. The molecule has 2 heterocycles. The molecule has 1 aromatic carbocycles. The standard InChI is InChI=1S/C19H22N6O2/c1-4-5-11-15-12(2)20-19(21-17(15)26)25-18(27)16(13(3)24-25)23-22-14-9-7-6-8-10-14/h6-10,24H,4-5,11H2,1-3H3,(H,20,21,26). The Morgan fingerprint density at radius 3 is 2.52 bits per heavy atom. The average Bonchev–Trinajstić information content (AvgIpc) is 2.94. The normalized spacial score (nSPS) is 11.4. The third-order valence-corrected chi connectivity index (χ3v) is 4.26. The van der Waals surface area contributed by atoms with Crippen molar-refractivity contribution in [3.8, 4) is 5.95 Å². The van der Waals surface area contributed by atoms with Crippen molar-refractivity contribution < 1.29 is 0 Å². The van der Waals surface area contributed by atoms with Crippen molar-refractivity contribution in [1.82, 2.24) is 19.7 Å². The van der Waals surface area contributed by atoms with Crippen LogP contribution in [0.25, 0.3) is 5.95 Å². The maximum Gasteiger partial charge on any atom is 0.301 e. The molecule has 0 saturated carbocycles. The van der Waals surface area contributed by atoms with Crippen LogP contribution < -0.4 is 11.1 Å².